The largest absolute Gasteiger partial charge is 0.309 e. The van der Waals surface area contributed by atoms with Gasteiger partial charge in [-0.2, -0.15) is 4.57 Å². The maximum atomic E-state index is 2.43. The number of nitrogens with zero attached hydrogens (tertiary/aromatic N) is 3. The summed E-state index contributed by atoms with van der Waals surface area (Å²) in [5, 5.41) is 9.17. The standard InChI is InChI=1S/C53H38N3Si/c1-5-18-39(19-6-1)56-50-29-16-14-27-47(50)53-52(56)30-17-37-54(53)41-33-36-51-48(38-41)46-26-13-15-28-49(46)55(51)40-31-34-45(35-32-40)57(42-20-7-2-8-21-42,43-22-9-3-10-23-43)44-24-11-4-12-25-44/h1-38H/q+1. The van der Waals surface area contributed by atoms with Gasteiger partial charge in [0.1, 0.15) is 5.52 Å². The van der Waals surface area contributed by atoms with E-state index in [2.05, 4.69) is 244 Å². The molecule has 0 radical (unpaired) electrons. The van der Waals surface area contributed by atoms with Crippen LogP contribution in [0, 0.1) is 0 Å². The predicted octanol–water partition coefficient (Wildman–Crippen LogP) is 9.53. The van der Waals surface area contributed by atoms with Crippen molar-refractivity contribution in [3.05, 3.63) is 231 Å². The van der Waals surface area contributed by atoms with Crippen molar-refractivity contribution in [2.75, 3.05) is 0 Å². The number of pyridine rings is 1. The molecule has 0 atom stereocenters. The fourth-order valence-corrected chi connectivity index (χ4v) is 14.1. The van der Waals surface area contributed by atoms with Crippen molar-refractivity contribution in [3.8, 4) is 17.1 Å². The third kappa shape index (κ3) is 5.15. The van der Waals surface area contributed by atoms with Crippen molar-refractivity contribution in [1.82, 2.24) is 9.13 Å². The summed E-state index contributed by atoms with van der Waals surface area (Å²) >= 11 is 0. The van der Waals surface area contributed by atoms with Crippen molar-refractivity contribution >= 4 is 72.6 Å². The van der Waals surface area contributed by atoms with Crippen LogP contribution in [0.2, 0.25) is 0 Å². The van der Waals surface area contributed by atoms with E-state index < -0.39 is 8.07 Å². The number of para-hydroxylation sites is 3. The second-order valence-corrected chi connectivity index (χ2v) is 18.6. The molecule has 4 heteroatoms. The maximum absolute atomic E-state index is 2.64. The minimum Gasteiger partial charge on any atom is -0.309 e. The van der Waals surface area contributed by atoms with E-state index in [1.54, 1.807) is 0 Å². The molecule has 0 unspecified atom stereocenters. The predicted molar refractivity (Wildman–Crippen MR) is 240 cm³/mol. The Morgan fingerprint density at radius 1 is 0.316 bits per heavy atom. The molecule has 0 amide bonds. The molecule has 8 aromatic carbocycles. The number of hydrogen-bond donors (Lipinski definition) is 0. The van der Waals surface area contributed by atoms with Gasteiger partial charge in [0, 0.05) is 40.3 Å². The highest BCUT2D eigenvalue weighted by atomic mass is 28.3. The molecule has 268 valence electrons. The van der Waals surface area contributed by atoms with Crippen LogP contribution in [0.15, 0.2) is 231 Å². The highest BCUT2D eigenvalue weighted by Crippen LogP contribution is 2.34. The molecule has 3 aromatic heterocycles. The van der Waals surface area contributed by atoms with Crippen LogP contribution in [0.1, 0.15) is 0 Å². The van der Waals surface area contributed by atoms with E-state index in [-0.39, 0.29) is 0 Å². The van der Waals surface area contributed by atoms with Gasteiger partial charge in [-0.3, -0.25) is 0 Å². The lowest BCUT2D eigenvalue weighted by Gasteiger charge is -2.34. The molecule has 3 nitrogen and oxygen atoms in total. The van der Waals surface area contributed by atoms with Crippen molar-refractivity contribution in [3.63, 3.8) is 0 Å². The molecular weight excluding hydrogens is 707 g/mol. The first kappa shape index (κ1) is 33.1. The van der Waals surface area contributed by atoms with Gasteiger partial charge in [-0.25, -0.2) is 0 Å². The molecule has 57 heavy (non-hydrogen) atoms. The fourth-order valence-electron chi connectivity index (χ4n) is 9.33. The van der Waals surface area contributed by atoms with Gasteiger partial charge in [0.05, 0.1) is 21.9 Å². The summed E-state index contributed by atoms with van der Waals surface area (Å²) in [6.45, 7) is 0. The lowest BCUT2D eigenvalue weighted by atomic mass is 10.1. The van der Waals surface area contributed by atoms with E-state index in [1.165, 1.54) is 64.5 Å². The Morgan fingerprint density at radius 3 is 1.37 bits per heavy atom. The summed E-state index contributed by atoms with van der Waals surface area (Å²) in [4.78, 5) is 0. The van der Waals surface area contributed by atoms with Crippen molar-refractivity contribution in [2.24, 2.45) is 0 Å². The normalized spacial score (nSPS) is 11.9. The van der Waals surface area contributed by atoms with Gasteiger partial charge in [0.15, 0.2) is 14.3 Å². The molecule has 0 aliphatic heterocycles. The average molecular weight is 745 g/mol. The summed E-state index contributed by atoms with van der Waals surface area (Å²) in [5.74, 6) is 0. The molecule has 0 aliphatic rings. The minimum absolute atomic E-state index is 1.13. The molecule has 0 saturated heterocycles. The van der Waals surface area contributed by atoms with Crippen LogP contribution in [-0.2, 0) is 0 Å². The van der Waals surface area contributed by atoms with Crippen molar-refractivity contribution < 1.29 is 4.57 Å². The molecule has 0 fully saturated rings. The molecule has 0 saturated carbocycles. The summed E-state index contributed by atoms with van der Waals surface area (Å²) in [6, 6.07) is 82.4. The number of aromatic nitrogens is 3. The minimum atomic E-state index is -2.64. The van der Waals surface area contributed by atoms with E-state index in [0.29, 0.717) is 0 Å². The Morgan fingerprint density at radius 2 is 0.754 bits per heavy atom. The lowest BCUT2D eigenvalue weighted by Crippen LogP contribution is -2.74. The number of benzene rings is 8. The first-order valence-corrected chi connectivity index (χ1v) is 21.6. The maximum Gasteiger partial charge on any atom is 0.244 e. The number of rotatable bonds is 7. The Bertz CT molecular complexity index is 3110. The zero-order valence-corrected chi connectivity index (χ0v) is 32.3. The van der Waals surface area contributed by atoms with Gasteiger partial charge >= 0.3 is 0 Å². The van der Waals surface area contributed by atoms with E-state index in [0.717, 1.165) is 17.1 Å². The molecule has 11 aromatic rings. The number of fused-ring (bicyclic) bond motifs is 6. The van der Waals surface area contributed by atoms with Gasteiger partial charge < -0.3 is 9.13 Å². The highest BCUT2D eigenvalue weighted by Gasteiger charge is 2.41. The summed E-state index contributed by atoms with van der Waals surface area (Å²) in [6.07, 6.45) is 2.20. The van der Waals surface area contributed by atoms with E-state index in [1.807, 2.05) is 0 Å². The van der Waals surface area contributed by atoms with Crippen LogP contribution >= 0.6 is 0 Å². The Hall–Kier alpha value is -7.27. The van der Waals surface area contributed by atoms with Gasteiger partial charge in [0.25, 0.3) is 0 Å². The molecular formula is C53H38N3Si+. The van der Waals surface area contributed by atoms with E-state index in [9.17, 15) is 0 Å². The summed E-state index contributed by atoms with van der Waals surface area (Å²) in [7, 11) is -2.64. The molecule has 0 aliphatic carbocycles. The smallest absolute Gasteiger partial charge is 0.244 e. The fraction of sp³-hybridized carbons (Fsp3) is 0. The summed E-state index contributed by atoms with van der Waals surface area (Å²) in [5.41, 5.74) is 9.37. The first-order chi connectivity index (χ1) is 28.3. The van der Waals surface area contributed by atoms with Crippen LogP contribution in [0.3, 0.4) is 0 Å². The Balaban J connectivity index is 1.09. The quantitative estimate of drug-likeness (QED) is 0.0877. The molecule has 11 rings (SSSR count). The zero-order chi connectivity index (χ0) is 37.8. The highest BCUT2D eigenvalue weighted by molar-refractivity contribution is 7.19. The number of hydrogen-bond acceptors (Lipinski definition) is 0. The van der Waals surface area contributed by atoms with Gasteiger partial charge in [0.2, 0.25) is 11.2 Å². The van der Waals surface area contributed by atoms with Gasteiger partial charge in [-0.05, 0) is 75.3 Å². The topological polar surface area (TPSA) is 13.7 Å². The lowest BCUT2D eigenvalue weighted by molar-refractivity contribution is -0.566. The van der Waals surface area contributed by atoms with E-state index >= 15 is 0 Å². The molecule has 3 heterocycles. The third-order valence-electron chi connectivity index (χ3n) is 11.7. The van der Waals surface area contributed by atoms with Crippen LogP contribution in [0.5, 0.6) is 0 Å². The third-order valence-corrected chi connectivity index (χ3v) is 16.5. The summed E-state index contributed by atoms with van der Waals surface area (Å²) < 4.78 is 7.17. The Labute approximate surface area is 332 Å². The van der Waals surface area contributed by atoms with Gasteiger partial charge in [-0.1, -0.05) is 152 Å². The first-order valence-electron chi connectivity index (χ1n) is 19.6. The molecule has 0 N–H and O–H groups in total. The SMILES string of the molecule is c1ccc(-n2c3ccccc3c3c2ccc[n+]3-c2ccc3c(c2)c2ccccc2n3-c2ccc([Si](c3ccccc3)(c3ccccc3)c3ccccc3)cc2)cc1. The van der Waals surface area contributed by atoms with Crippen molar-refractivity contribution in [1.29, 1.82) is 0 Å². The molecule has 0 bridgehead atoms. The average Bonchev–Trinajstić information content (AvgIpc) is 3.81. The Kier molecular flexibility index (Phi) is 7.83. The van der Waals surface area contributed by atoms with Crippen LogP contribution in [0.4, 0.5) is 0 Å². The van der Waals surface area contributed by atoms with E-state index in [4.69, 9.17) is 0 Å². The van der Waals surface area contributed by atoms with Gasteiger partial charge in [-0.15, -0.1) is 0 Å². The monoisotopic (exact) mass is 744 g/mol. The second kappa shape index (κ2) is 13.5. The van der Waals surface area contributed by atoms with Crippen LogP contribution < -0.4 is 25.3 Å². The van der Waals surface area contributed by atoms with Crippen LogP contribution in [-0.4, -0.2) is 17.2 Å². The molecule has 0 spiro atoms. The van der Waals surface area contributed by atoms with Crippen molar-refractivity contribution in [2.45, 2.75) is 0 Å². The zero-order valence-electron chi connectivity index (χ0n) is 31.3. The second-order valence-electron chi connectivity index (χ2n) is 14.7. The van der Waals surface area contributed by atoms with Crippen LogP contribution in [0.25, 0.3) is 60.8 Å².